The minimum atomic E-state index is -0.882. The summed E-state index contributed by atoms with van der Waals surface area (Å²) in [6, 6.07) is 12.5. The summed E-state index contributed by atoms with van der Waals surface area (Å²) in [6.07, 6.45) is -0.882. The Morgan fingerprint density at radius 1 is 1.06 bits per heavy atom. The van der Waals surface area contributed by atoms with Crippen molar-refractivity contribution in [3.63, 3.8) is 0 Å². The number of hydrogen-bond donors (Lipinski definition) is 1. The summed E-state index contributed by atoms with van der Waals surface area (Å²) in [5, 5.41) is 22.6. The Bertz CT molecular complexity index is 683. The smallest absolute Gasteiger partial charge is 0.187 e. The number of halogens is 1. The van der Waals surface area contributed by atoms with E-state index in [1.54, 1.807) is 12.1 Å². The van der Waals surface area contributed by atoms with E-state index >= 15 is 0 Å². The van der Waals surface area contributed by atoms with Gasteiger partial charge in [0.15, 0.2) is 11.5 Å². The normalized spacial score (nSPS) is 12.8. The molecule has 0 aliphatic heterocycles. The zero-order valence-electron chi connectivity index (χ0n) is 9.23. The number of rotatable bonds is 2. The highest BCUT2D eigenvalue weighted by molar-refractivity contribution is 6.29. The summed E-state index contributed by atoms with van der Waals surface area (Å²) in [6.45, 7) is 0. The van der Waals surface area contributed by atoms with Crippen molar-refractivity contribution in [3.8, 4) is 0 Å². The second kappa shape index (κ2) is 4.36. The van der Waals surface area contributed by atoms with E-state index in [0.29, 0.717) is 16.6 Å². The molecule has 2 heterocycles. The molecule has 5 nitrogen and oxygen atoms in total. The molecule has 0 bridgehead atoms. The first-order valence-electron chi connectivity index (χ1n) is 5.36. The Hall–Kier alpha value is -1.98. The summed E-state index contributed by atoms with van der Waals surface area (Å²) in [5.41, 5.74) is 1.28. The van der Waals surface area contributed by atoms with Gasteiger partial charge in [-0.2, -0.15) is 9.61 Å². The lowest BCUT2D eigenvalue weighted by molar-refractivity contribution is 0.207. The van der Waals surface area contributed by atoms with Gasteiger partial charge in [-0.15, -0.1) is 10.2 Å². The maximum Gasteiger partial charge on any atom is 0.187 e. The Balaban J connectivity index is 2.12. The van der Waals surface area contributed by atoms with E-state index in [2.05, 4.69) is 15.3 Å². The van der Waals surface area contributed by atoms with E-state index in [0.717, 1.165) is 5.56 Å². The van der Waals surface area contributed by atoms with Crippen LogP contribution in [0.3, 0.4) is 0 Å². The molecule has 0 saturated carbocycles. The van der Waals surface area contributed by atoms with Gasteiger partial charge in [-0.05, 0) is 17.7 Å². The third-order valence-corrected chi connectivity index (χ3v) is 2.82. The van der Waals surface area contributed by atoms with Gasteiger partial charge in [-0.25, -0.2) is 0 Å². The third kappa shape index (κ3) is 1.83. The lowest BCUT2D eigenvalue weighted by Crippen LogP contribution is -2.07. The maximum atomic E-state index is 10.3. The molecule has 3 aromatic rings. The van der Waals surface area contributed by atoms with Crippen LogP contribution in [0.5, 0.6) is 0 Å². The first-order chi connectivity index (χ1) is 8.75. The van der Waals surface area contributed by atoms with E-state index in [4.69, 9.17) is 11.6 Å². The lowest BCUT2D eigenvalue weighted by atomic mass is 10.1. The predicted octanol–water partition coefficient (Wildman–Crippen LogP) is 1.86. The summed E-state index contributed by atoms with van der Waals surface area (Å²) in [7, 11) is 0. The average molecular weight is 261 g/mol. The minimum Gasteiger partial charge on any atom is -0.380 e. The van der Waals surface area contributed by atoms with E-state index in [9.17, 15) is 5.11 Å². The van der Waals surface area contributed by atoms with E-state index in [1.807, 2.05) is 30.3 Å². The third-order valence-electron chi connectivity index (χ3n) is 2.61. The molecule has 0 radical (unpaired) electrons. The van der Waals surface area contributed by atoms with Crippen molar-refractivity contribution in [2.24, 2.45) is 0 Å². The van der Waals surface area contributed by atoms with Crippen LogP contribution in [0.15, 0.2) is 42.5 Å². The van der Waals surface area contributed by atoms with Crippen molar-refractivity contribution in [2.45, 2.75) is 6.10 Å². The van der Waals surface area contributed by atoms with Gasteiger partial charge in [-0.3, -0.25) is 0 Å². The van der Waals surface area contributed by atoms with E-state index < -0.39 is 6.10 Å². The zero-order valence-corrected chi connectivity index (χ0v) is 9.99. The molecule has 2 aromatic heterocycles. The van der Waals surface area contributed by atoms with Crippen LogP contribution in [0, 0.1) is 0 Å². The van der Waals surface area contributed by atoms with Crippen molar-refractivity contribution in [1.29, 1.82) is 0 Å². The van der Waals surface area contributed by atoms with E-state index in [1.165, 1.54) is 4.52 Å². The molecule has 0 spiro atoms. The van der Waals surface area contributed by atoms with Crippen LogP contribution in [-0.2, 0) is 0 Å². The molecule has 0 fully saturated rings. The number of aliphatic hydroxyl groups excluding tert-OH is 1. The molecule has 3 rings (SSSR count). The Morgan fingerprint density at radius 2 is 1.83 bits per heavy atom. The van der Waals surface area contributed by atoms with Crippen LogP contribution in [0.1, 0.15) is 17.5 Å². The van der Waals surface area contributed by atoms with Gasteiger partial charge in [0.05, 0.1) is 0 Å². The molecule has 1 unspecified atom stereocenters. The second-order valence-electron chi connectivity index (χ2n) is 3.80. The van der Waals surface area contributed by atoms with Gasteiger partial charge in [0.2, 0.25) is 0 Å². The fraction of sp³-hybridized carbons (Fsp3) is 0.0833. The molecular formula is C12H9ClN4O. The Labute approximate surface area is 108 Å². The van der Waals surface area contributed by atoms with Crippen molar-refractivity contribution in [1.82, 2.24) is 19.8 Å². The van der Waals surface area contributed by atoms with Gasteiger partial charge in [0, 0.05) is 0 Å². The van der Waals surface area contributed by atoms with Crippen molar-refractivity contribution in [3.05, 3.63) is 59.0 Å². The predicted molar refractivity (Wildman–Crippen MR) is 66.3 cm³/mol. The highest BCUT2D eigenvalue weighted by Gasteiger charge is 2.18. The molecule has 18 heavy (non-hydrogen) atoms. The first kappa shape index (κ1) is 11.1. The number of aliphatic hydroxyl groups is 1. The topological polar surface area (TPSA) is 63.3 Å². The van der Waals surface area contributed by atoms with Crippen LogP contribution in [0.2, 0.25) is 5.15 Å². The first-order valence-corrected chi connectivity index (χ1v) is 5.74. The highest BCUT2D eigenvalue weighted by atomic mass is 35.5. The summed E-state index contributed by atoms with van der Waals surface area (Å²) in [5.74, 6) is 0.346. The van der Waals surface area contributed by atoms with Gasteiger partial charge >= 0.3 is 0 Å². The number of benzene rings is 1. The van der Waals surface area contributed by atoms with Crippen LogP contribution in [-0.4, -0.2) is 24.9 Å². The maximum absolute atomic E-state index is 10.3. The van der Waals surface area contributed by atoms with E-state index in [-0.39, 0.29) is 0 Å². The molecule has 0 amide bonds. The quantitative estimate of drug-likeness (QED) is 0.764. The Kier molecular flexibility index (Phi) is 2.70. The van der Waals surface area contributed by atoms with Crippen molar-refractivity contribution in [2.75, 3.05) is 0 Å². The van der Waals surface area contributed by atoms with Gasteiger partial charge in [0.25, 0.3) is 0 Å². The van der Waals surface area contributed by atoms with Crippen LogP contribution in [0.4, 0.5) is 0 Å². The molecule has 1 N–H and O–H groups in total. The summed E-state index contributed by atoms with van der Waals surface area (Å²) in [4.78, 5) is 0. The average Bonchev–Trinajstić information content (AvgIpc) is 2.82. The lowest BCUT2D eigenvalue weighted by Gasteiger charge is -2.08. The van der Waals surface area contributed by atoms with Gasteiger partial charge in [-0.1, -0.05) is 41.9 Å². The molecule has 1 aromatic carbocycles. The van der Waals surface area contributed by atoms with Crippen molar-refractivity contribution >= 4 is 17.2 Å². The van der Waals surface area contributed by atoms with Gasteiger partial charge in [0.1, 0.15) is 11.3 Å². The summed E-state index contributed by atoms with van der Waals surface area (Å²) >= 11 is 5.83. The molecule has 0 aliphatic carbocycles. The monoisotopic (exact) mass is 260 g/mol. The molecule has 0 aliphatic rings. The number of fused-ring (bicyclic) bond motifs is 1. The molecule has 90 valence electrons. The molecule has 1 atom stereocenters. The van der Waals surface area contributed by atoms with Crippen LogP contribution in [0.25, 0.3) is 5.65 Å². The second-order valence-corrected chi connectivity index (χ2v) is 4.18. The van der Waals surface area contributed by atoms with Crippen LogP contribution < -0.4 is 0 Å². The van der Waals surface area contributed by atoms with Crippen LogP contribution >= 0.6 is 11.6 Å². The SMILES string of the molecule is OC(c1ccccc1)c1nnc2ccc(Cl)nn12. The number of aromatic nitrogens is 4. The fourth-order valence-electron chi connectivity index (χ4n) is 1.74. The minimum absolute atomic E-state index is 0.323. The molecular weight excluding hydrogens is 252 g/mol. The molecule has 6 heteroatoms. The van der Waals surface area contributed by atoms with Gasteiger partial charge < -0.3 is 5.11 Å². The summed E-state index contributed by atoms with van der Waals surface area (Å²) < 4.78 is 1.44. The fourth-order valence-corrected chi connectivity index (χ4v) is 1.88. The number of hydrogen-bond acceptors (Lipinski definition) is 4. The standard InChI is InChI=1S/C12H9ClN4O/c13-9-6-7-10-14-15-12(17(10)16-9)11(18)8-4-2-1-3-5-8/h1-7,11,18H. The Morgan fingerprint density at radius 3 is 2.61 bits per heavy atom. The highest BCUT2D eigenvalue weighted by Crippen LogP contribution is 2.20. The number of nitrogens with zero attached hydrogens (tertiary/aromatic N) is 4. The largest absolute Gasteiger partial charge is 0.380 e. The zero-order chi connectivity index (χ0) is 12.5. The van der Waals surface area contributed by atoms with Crippen molar-refractivity contribution < 1.29 is 5.11 Å². The molecule has 0 saturated heterocycles.